The zero-order valence-electron chi connectivity index (χ0n) is 28.2. The number of rotatable bonds is 13. The monoisotopic (exact) mass is 622 g/mol. The summed E-state index contributed by atoms with van der Waals surface area (Å²) in [5.74, 6) is 1.38. The maximum atomic E-state index is 14.3. The summed E-state index contributed by atoms with van der Waals surface area (Å²) in [5.41, 5.74) is 1.37. The summed E-state index contributed by atoms with van der Waals surface area (Å²) in [6.07, 6.45) is 4.93. The van der Waals surface area contributed by atoms with Gasteiger partial charge in [-0.25, -0.2) is 9.97 Å². The number of likely N-dealkylation sites (tertiary alicyclic amines) is 1. The number of aromatic nitrogens is 2. The van der Waals surface area contributed by atoms with Crippen molar-refractivity contribution < 1.29 is 19.1 Å². The predicted octanol–water partition coefficient (Wildman–Crippen LogP) is 4.51. The fraction of sp³-hybridized carbons (Fsp3) is 0.657. The van der Waals surface area contributed by atoms with Gasteiger partial charge in [0, 0.05) is 70.6 Å². The Hall–Kier alpha value is -3.08. The fourth-order valence-corrected chi connectivity index (χ4v) is 6.04. The van der Waals surface area contributed by atoms with E-state index < -0.39 is 0 Å². The molecule has 10 heteroatoms. The third kappa shape index (κ3) is 9.95. The molecule has 0 bridgehead atoms. The second kappa shape index (κ2) is 16.5. The van der Waals surface area contributed by atoms with Crippen molar-refractivity contribution in [2.75, 3.05) is 58.3 Å². The second-order valence-corrected chi connectivity index (χ2v) is 13.9. The van der Waals surface area contributed by atoms with Gasteiger partial charge in [0.05, 0.1) is 18.6 Å². The number of piperidine rings is 2. The number of ether oxygens (including phenoxy) is 2. The molecular weight excluding hydrogens is 568 g/mol. The van der Waals surface area contributed by atoms with Gasteiger partial charge in [0.25, 0.3) is 5.91 Å². The maximum Gasteiger partial charge on any atom is 0.259 e. The summed E-state index contributed by atoms with van der Waals surface area (Å²) in [6, 6.07) is 10.1. The van der Waals surface area contributed by atoms with E-state index in [1.165, 1.54) is 5.56 Å². The van der Waals surface area contributed by atoms with E-state index in [0.717, 1.165) is 19.3 Å². The molecule has 248 valence electrons. The number of carbonyl (C=O) groups excluding carboxylic acids is 2. The summed E-state index contributed by atoms with van der Waals surface area (Å²) in [5, 5.41) is 6.86. The number of anilines is 1. The van der Waals surface area contributed by atoms with Crippen molar-refractivity contribution in [3.8, 4) is 0 Å². The summed E-state index contributed by atoms with van der Waals surface area (Å²) in [6.45, 7) is 15.5. The van der Waals surface area contributed by atoms with Gasteiger partial charge in [-0.05, 0) is 37.2 Å². The molecule has 2 N–H and O–H groups in total. The average Bonchev–Trinajstić information content (AvgIpc) is 3.04. The number of hydrogen-bond acceptors (Lipinski definition) is 8. The van der Waals surface area contributed by atoms with E-state index in [2.05, 4.69) is 62.4 Å². The molecule has 0 unspecified atom stereocenters. The lowest BCUT2D eigenvalue weighted by molar-refractivity contribution is -0.139. The van der Waals surface area contributed by atoms with Crippen molar-refractivity contribution in [3.05, 3.63) is 53.5 Å². The summed E-state index contributed by atoms with van der Waals surface area (Å²) < 4.78 is 11.4. The number of carbonyl (C=O) groups is 2. The zero-order valence-corrected chi connectivity index (χ0v) is 28.2. The number of nitrogens with one attached hydrogen (secondary N) is 2. The highest BCUT2D eigenvalue weighted by Crippen LogP contribution is 2.27. The molecule has 2 aliphatic heterocycles. The van der Waals surface area contributed by atoms with E-state index in [9.17, 15) is 9.59 Å². The van der Waals surface area contributed by atoms with Gasteiger partial charge in [-0.3, -0.25) is 9.59 Å². The van der Waals surface area contributed by atoms with Gasteiger partial charge in [0.15, 0.2) is 0 Å². The summed E-state index contributed by atoms with van der Waals surface area (Å²) >= 11 is 0. The van der Waals surface area contributed by atoms with Crippen molar-refractivity contribution in [2.45, 2.75) is 84.5 Å². The Morgan fingerprint density at radius 1 is 1.13 bits per heavy atom. The molecule has 0 saturated carbocycles. The first-order chi connectivity index (χ1) is 21.6. The van der Waals surface area contributed by atoms with Crippen LogP contribution in [0, 0.1) is 11.8 Å². The van der Waals surface area contributed by atoms with Gasteiger partial charge in [-0.15, -0.1) is 0 Å². The van der Waals surface area contributed by atoms with Gasteiger partial charge < -0.3 is 29.9 Å². The van der Waals surface area contributed by atoms with E-state index in [-0.39, 0.29) is 41.2 Å². The van der Waals surface area contributed by atoms with Crippen LogP contribution < -0.4 is 10.6 Å². The first-order valence-corrected chi connectivity index (χ1v) is 16.6. The Morgan fingerprint density at radius 2 is 1.87 bits per heavy atom. The van der Waals surface area contributed by atoms with Crippen molar-refractivity contribution >= 4 is 17.6 Å². The molecule has 1 aromatic carbocycles. The first kappa shape index (κ1) is 34.8. The van der Waals surface area contributed by atoms with Gasteiger partial charge in [-0.2, -0.15) is 0 Å². The second-order valence-electron chi connectivity index (χ2n) is 13.9. The molecule has 3 heterocycles. The maximum absolute atomic E-state index is 14.3. The molecule has 2 amide bonds. The summed E-state index contributed by atoms with van der Waals surface area (Å²) in [4.78, 5) is 41.4. The van der Waals surface area contributed by atoms with Crippen molar-refractivity contribution in [1.82, 2.24) is 25.1 Å². The van der Waals surface area contributed by atoms with Gasteiger partial charge in [0.2, 0.25) is 5.91 Å². The van der Waals surface area contributed by atoms with Crippen LogP contribution in [-0.2, 0) is 26.3 Å². The van der Waals surface area contributed by atoms with Crippen LogP contribution >= 0.6 is 0 Å². The van der Waals surface area contributed by atoms with Gasteiger partial charge in [0.1, 0.15) is 17.2 Å². The minimum absolute atomic E-state index is 0.102. The Kier molecular flexibility index (Phi) is 12.7. The lowest BCUT2D eigenvalue weighted by atomic mass is 9.91. The van der Waals surface area contributed by atoms with Crippen LogP contribution in [0.15, 0.2) is 36.5 Å². The Labute approximate surface area is 269 Å². The molecule has 10 nitrogen and oxygen atoms in total. The van der Waals surface area contributed by atoms with Crippen LogP contribution in [0.4, 0.5) is 5.82 Å². The summed E-state index contributed by atoms with van der Waals surface area (Å²) in [7, 11) is 1.68. The number of nitrogens with zero attached hydrogens (tertiary/aromatic N) is 4. The highest BCUT2D eigenvalue weighted by atomic mass is 16.5. The molecule has 2 fully saturated rings. The third-order valence-electron chi connectivity index (χ3n) is 8.53. The highest BCUT2D eigenvalue weighted by molar-refractivity contribution is 5.98. The molecule has 1 aromatic heterocycles. The molecule has 0 aliphatic carbocycles. The number of amides is 2. The van der Waals surface area contributed by atoms with Crippen LogP contribution in [0.1, 0.15) is 82.0 Å². The number of benzene rings is 1. The van der Waals surface area contributed by atoms with Gasteiger partial charge in [-0.1, -0.05) is 65.0 Å². The molecule has 45 heavy (non-hydrogen) atoms. The van der Waals surface area contributed by atoms with E-state index in [1.807, 2.05) is 28.0 Å². The topological polar surface area (TPSA) is 109 Å². The van der Waals surface area contributed by atoms with E-state index >= 15 is 0 Å². The quantitative estimate of drug-likeness (QED) is 0.315. The van der Waals surface area contributed by atoms with Crippen molar-refractivity contribution in [3.63, 3.8) is 0 Å². The molecule has 2 atom stereocenters. The molecule has 2 aliphatic rings. The molecule has 2 aromatic rings. The lowest BCUT2D eigenvalue weighted by Gasteiger charge is -2.41. The largest absolute Gasteiger partial charge is 0.385 e. The molecule has 4 rings (SSSR count). The van der Waals surface area contributed by atoms with Gasteiger partial charge >= 0.3 is 0 Å². The van der Waals surface area contributed by atoms with Crippen molar-refractivity contribution in [2.24, 2.45) is 11.8 Å². The normalized spacial score (nSPS) is 19.5. The lowest BCUT2D eigenvalue weighted by Crippen LogP contribution is -2.55. The Balaban J connectivity index is 1.42. The van der Waals surface area contributed by atoms with Crippen LogP contribution in [-0.4, -0.2) is 96.7 Å². The van der Waals surface area contributed by atoms with Crippen LogP contribution in [0.5, 0.6) is 0 Å². The standard InChI is InChI=1S/C35H54N6O4/c1-25(2)23-41(33(43)30-22-38-34(35(3,4)5)39-31(30)37-15-10-18-44-6)28-19-27(20-36-21-28)32(42)40-16-13-29(14-17-40)45-24-26-11-8-7-9-12-26/h7-9,11-12,22,25,27-29,36H,10,13-21,23-24H2,1-6H3,(H,37,38,39)/t27-,28+/m1/s1. The number of hydrogen-bond donors (Lipinski definition) is 2. The highest BCUT2D eigenvalue weighted by Gasteiger charge is 2.37. The van der Waals surface area contributed by atoms with E-state index in [0.29, 0.717) is 76.1 Å². The first-order valence-electron chi connectivity index (χ1n) is 16.6. The van der Waals surface area contributed by atoms with E-state index in [4.69, 9.17) is 14.5 Å². The Bertz CT molecular complexity index is 1230. The molecular formula is C35H54N6O4. The number of methoxy groups -OCH3 is 1. The smallest absolute Gasteiger partial charge is 0.259 e. The van der Waals surface area contributed by atoms with Crippen LogP contribution in [0.3, 0.4) is 0 Å². The SMILES string of the molecule is COCCCNc1nc(C(C)(C)C)ncc1C(=O)N(CC(C)C)[C@@H]1CNC[C@H](C(=O)N2CCC(OCc3ccccc3)CC2)C1. The minimum atomic E-state index is -0.258. The van der Waals surface area contributed by atoms with Crippen LogP contribution in [0.2, 0.25) is 0 Å². The third-order valence-corrected chi connectivity index (χ3v) is 8.53. The molecule has 0 radical (unpaired) electrons. The average molecular weight is 623 g/mol. The van der Waals surface area contributed by atoms with Crippen molar-refractivity contribution in [1.29, 1.82) is 0 Å². The minimum Gasteiger partial charge on any atom is -0.385 e. The molecule has 0 spiro atoms. The Morgan fingerprint density at radius 3 is 2.53 bits per heavy atom. The van der Waals surface area contributed by atoms with Crippen LogP contribution in [0.25, 0.3) is 0 Å². The van der Waals surface area contributed by atoms with E-state index in [1.54, 1.807) is 13.3 Å². The molecule has 2 saturated heterocycles. The fourth-order valence-electron chi connectivity index (χ4n) is 6.04. The zero-order chi connectivity index (χ0) is 32.4. The predicted molar refractivity (Wildman–Crippen MR) is 177 cm³/mol.